The van der Waals surface area contributed by atoms with Crippen molar-refractivity contribution in [2.75, 3.05) is 24.7 Å². The Labute approximate surface area is 310 Å². The van der Waals surface area contributed by atoms with Crippen LogP contribution in [-0.2, 0) is 22.6 Å². The summed E-state index contributed by atoms with van der Waals surface area (Å²) in [6, 6.07) is 10.3. The highest BCUT2D eigenvalue weighted by Gasteiger charge is 2.46. The fourth-order valence-electron chi connectivity index (χ4n) is 7.56. The van der Waals surface area contributed by atoms with Crippen LogP contribution in [0, 0.1) is 6.92 Å². The number of phenolic OH excluding ortho intramolecular Hbond substituents is 2. The van der Waals surface area contributed by atoms with Gasteiger partial charge < -0.3 is 49.8 Å². The summed E-state index contributed by atoms with van der Waals surface area (Å²) in [5.74, 6) is 0.757. The van der Waals surface area contributed by atoms with Gasteiger partial charge in [-0.05, 0) is 74.5 Å². The van der Waals surface area contributed by atoms with E-state index in [0.717, 1.165) is 17.0 Å². The van der Waals surface area contributed by atoms with Crippen molar-refractivity contribution in [1.29, 1.82) is 0 Å². The van der Waals surface area contributed by atoms with Crippen molar-refractivity contribution in [3.8, 4) is 17.2 Å². The van der Waals surface area contributed by atoms with Gasteiger partial charge in [0.1, 0.15) is 65.2 Å². The predicted octanol–water partition coefficient (Wildman–Crippen LogP) is 3.20. The number of phenols is 2. The van der Waals surface area contributed by atoms with Crippen LogP contribution < -0.4 is 15.1 Å². The lowest BCUT2D eigenvalue weighted by atomic mass is 9.84. The summed E-state index contributed by atoms with van der Waals surface area (Å²) in [6.07, 6.45) is -2.49. The summed E-state index contributed by atoms with van der Waals surface area (Å²) in [5, 5.41) is 75.3. The van der Waals surface area contributed by atoms with Crippen LogP contribution in [0.25, 0.3) is 21.7 Å². The minimum atomic E-state index is -2.35. The fraction of sp³-hybridized carbons (Fsp3) is 0.400. The minimum Gasteiger partial charge on any atom is -0.508 e. The SMILES string of the molecule is CCC1=C2C=CN=C2CN1c1c2c(cc3c(=O)cc(C)oc13)CC(OOCC(O)(Cc1ccc(O)c3ccc(O)cc13)C(O)C(O)C(O)CO)C(C)(C)O2. The van der Waals surface area contributed by atoms with Crippen molar-refractivity contribution >= 4 is 33.1 Å². The van der Waals surface area contributed by atoms with E-state index in [4.69, 9.17) is 18.9 Å². The molecule has 4 heterocycles. The van der Waals surface area contributed by atoms with Crippen molar-refractivity contribution in [2.45, 2.75) is 82.6 Å². The molecule has 3 aromatic carbocycles. The van der Waals surface area contributed by atoms with Gasteiger partial charge in [-0.3, -0.25) is 9.79 Å². The molecule has 3 aliphatic heterocycles. The van der Waals surface area contributed by atoms with Crippen molar-refractivity contribution in [1.82, 2.24) is 0 Å². The first-order valence-electron chi connectivity index (χ1n) is 17.8. The molecule has 7 N–H and O–H groups in total. The molecule has 0 aliphatic carbocycles. The van der Waals surface area contributed by atoms with E-state index in [2.05, 4.69) is 9.89 Å². The maximum atomic E-state index is 13.4. The molecule has 5 unspecified atom stereocenters. The van der Waals surface area contributed by atoms with Gasteiger partial charge in [0.15, 0.2) is 16.8 Å². The molecule has 0 amide bonds. The molecule has 1 aromatic heterocycles. The first kappa shape index (κ1) is 37.5. The highest BCUT2D eigenvalue weighted by atomic mass is 17.2. The molecule has 0 radical (unpaired) electrons. The maximum Gasteiger partial charge on any atom is 0.193 e. The number of nitrogens with zero attached hydrogens (tertiary/aromatic N) is 2. The number of aliphatic imine (C=N–C) groups is 1. The lowest BCUT2D eigenvalue weighted by Crippen LogP contribution is -2.57. The Morgan fingerprint density at radius 1 is 1.07 bits per heavy atom. The minimum absolute atomic E-state index is 0.0856. The monoisotopic (exact) mass is 744 g/mol. The smallest absolute Gasteiger partial charge is 0.193 e. The molecule has 3 aliphatic rings. The van der Waals surface area contributed by atoms with Gasteiger partial charge in [0.25, 0.3) is 0 Å². The maximum absolute atomic E-state index is 13.4. The quantitative estimate of drug-likeness (QED) is 0.0821. The van der Waals surface area contributed by atoms with E-state index < -0.39 is 55.3 Å². The molecule has 4 aromatic rings. The zero-order chi connectivity index (χ0) is 38.7. The van der Waals surface area contributed by atoms with E-state index in [9.17, 15) is 40.5 Å². The number of aliphatic hydroxyl groups excluding tert-OH is 4. The van der Waals surface area contributed by atoms with Crippen LogP contribution in [0.2, 0.25) is 0 Å². The highest BCUT2D eigenvalue weighted by molar-refractivity contribution is 6.13. The Bertz CT molecular complexity index is 2280. The van der Waals surface area contributed by atoms with Crippen LogP contribution in [0.1, 0.15) is 44.1 Å². The van der Waals surface area contributed by atoms with Crippen LogP contribution in [0.15, 0.2) is 80.2 Å². The lowest BCUT2D eigenvalue weighted by Gasteiger charge is -2.41. The summed E-state index contributed by atoms with van der Waals surface area (Å²) in [4.78, 5) is 31.6. The molecular formula is C40H44N2O12. The first-order valence-corrected chi connectivity index (χ1v) is 17.8. The number of aromatic hydroxyl groups is 2. The van der Waals surface area contributed by atoms with E-state index >= 15 is 0 Å². The molecule has 0 bridgehead atoms. The zero-order valence-electron chi connectivity index (χ0n) is 30.3. The Morgan fingerprint density at radius 3 is 2.59 bits per heavy atom. The lowest BCUT2D eigenvalue weighted by molar-refractivity contribution is -0.369. The number of allylic oxidation sites excluding steroid dienone is 2. The molecule has 5 atom stereocenters. The number of rotatable bonds is 12. The van der Waals surface area contributed by atoms with E-state index in [1.165, 1.54) is 36.4 Å². The number of aryl methyl sites for hydroxylation is 1. The topological polar surface area (TPSA) is 215 Å². The third kappa shape index (κ3) is 6.53. The average Bonchev–Trinajstić information content (AvgIpc) is 3.73. The number of fused-ring (bicyclic) bond motifs is 4. The summed E-state index contributed by atoms with van der Waals surface area (Å²) in [6.45, 7) is 6.17. The van der Waals surface area contributed by atoms with Crippen LogP contribution in [0.5, 0.6) is 17.2 Å². The highest BCUT2D eigenvalue weighted by Crippen LogP contribution is 2.48. The van der Waals surface area contributed by atoms with E-state index in [1.54, 1.807) is 33.0 Å². The third-order valence-electron chi connectivity index (χ3n) is 10.5. The Hall–Kier alpha value is -4.80. The standard InChI is InChI=1S/C40H44N2O12/c1-5-29-25-10-11-41-28(25)17-42(29)34-36-22(13-27-31(46)12-20(2)52-37(27)34)14-33(39(3,4)53-36)54-51-19-40(50,38(49)35(48)32(47)18-43)16-21-6-9-30(45)24-8-7-23(44)15-26(21)24/h6-13,15,32-33,35,38,43-45,47-50H,5,14,16-19H2,1-4H3. The molecule has 0 saturated carbocycles. The molecule has 14 nitrogen and oxygen atoms in total. The van der Waals surface area contributed by atoms with Gasteiger partial charge in [-0.2, -0.15) is 0 Å². The molecule has 0 spiro atoms. The molecule has 0 fully saturated rings. The summed E-state index contributed by atoms with van der Waals surface area (Å²) in [7, 11) is 0. The molecule has 54 heavy (non-hydrogen) atoms. The zero-order valence-corrected chi connectivity index (χ0v) is 30.3. The third-order valence-corrected chi connectivity index (χ3v) is 10.5. The Balaban J connectivity index is 1.21. The second kappa shape index (κ2) is 14.1. The van der Waals surface area contributed by atoms with Crippen LogP contribution in [0.3, 0.4) is 0 Å². The van der Waals surface area contributed by atoms with Gasteiger partial charge in [0.2, 0.25) is 0 Å². The average molecular weight is 745 g/mol. The van der Waals surface area contributed by atoms with E-state index in [-0.39, 0.29) is 23.3 Å². The number of aliphatic hydroxyl groups is 5. The number of benzene rings is 3. The Morgan fingerprint density at radius 2 is 1.85 bits per heavy atom. The summed E-state index contributed by atoms with van der Waals surface area (Å²) >= 11 is 0. The number of hydrogen-bond acceptors (Lipinski definition) is 14. The van der Waals surface area contributed by atoms with Gasteiger partial charge in [0, 0.05) is 47.3 Å². The second-order valence-corrected chi connectivity index (χ2v) is 14.7. The fourth-order valence-corrected chi connectivity index (χ4v) is 7.56. The van der Waals surface area contributed by atoms with Crippen molar-refractivity contribution in [3.63, 3.8) is 0 Å². The molecule has 0 saturated heterocycles. The largest absolute Gasteiger partial charge is 0.508 e. The van der Waals surface area contributed by atoms with Crippen molar-refractivity contribution < 1.29 is 54.7 Å². The predicted molar refractivity (Wildman–Crippen MR) is 199 cm³/mol. The second-order valence-electron chi connectivity index (χ2n) is 14.7. The van der Waals surface area contributed by atoms with Crippen LogP contribution in [0.4, 0.5) is 5.69 Å². The van der Waals surface area contributed by atoms with E-state index in [0.29, 0.717) is 63.0 Å². The normalized spacial score (nSPS) is 20.4. The Kier molecular flexibility index (Phi) is 9.81. The van der Waals surface area contributed by atoms with Gasteiger partial charge in [-0.15, -0.1) is 0 Å². The van der Waals surface area contributed by atoms with E-state index in [1.807, 2.05) is 13.0 Å². The van der Waals surface area contributed by atoms with Gasteiger partial charge >= 0.3 is 0 Å². The molecule has 7 rings (SSSR count). The van der Waals surface area contributed by atoms with Crippen LogP contribution >= 0.6 is 0 Å². The summed E-state index contributed by atoms with van der Waals surface area (Å²) < 4.78 is 12.9. The number of ether oxygens (including phenoxy) is 1. The van der Waals surface area contributed by atoms with Gasteiger partial charge in [0.05, 0.1) is 24.2 Å². The van der Waals surface area contributed by atoms with Crippen molar-refractivity contribution in [3.05, 3.63) is 93.1 Å². The number of hydrogen-bond donors (Lipinski definition) is 7. The van der Waals surface area contributed by atoms with Gasteiger partial charge in [-0.1, -0.05) is 13.0 Å². The van der Waals surface area contributed by atoms with Gasteiger partial charge in [-0.25, -0.2) is 9.78 Å². The number of anilines is 1. The molecule has 286 valence electrons. The van der Waals surface area contributed by atoms with Crippen molar-refractivity contribution in [2.24, 2.45) is 4.99 Å². The van der Waals surface area contributed by atoms with Crippen LogP contribution in [-0.4, -0.2) is 96.8 Å². The molecule has 14 heteroatoms. The molecular weight excluding hydrogens is 700 g/mol. The summed E-state index contributed by atoms with van der Waals surface area (Å²) in [5.41, 5.74) is 1.27. The first-order chi connectivity index (χ1) is 25.7.